The van der Waals surface area contributed by atoms with Crippen molar-refractivity contribution in [3.05, 3.63) is 35.1 Å². The summed E-state index contributed by atoms with van der Waals surface area (Å²) in [4.78, 5) is 10.9. The van der Waals surface area contributed by atoms with Crippen molar-refractivity contribution < 1.29 is 9.18 Å². The molecule has 0 heterocycles. The van der Waals surface area contributed by atoms with Gasteiger partial charge in [-0.15, -0.1) is 0 Å². The van der Waals surface area contributed by atoms with E-state index in [1.165, 1.54) is 19.1 Å². The van der Waals surface area contributed by atoms with Gasteiger partial charge in [-0.2, -0.15) is 0 Å². The van der Waals surface area contributed by atoms with Crippen molar-refractivity contribution in [2.24, 2.45) is 0 Å². The number of benzene rings is 1. The van der Waals surface area contributed by atoms with Gasteiger partial charge in [0.25, 0.3) is 0 Å². The first kappa shape index (κ1) is 12.4. The van der Waals surface area contributed by atoms with Gasteiger partial charge in [0, 0.05) is 5.92 Å². The Bertz CT molecular complexity index is 356. The lowest BCUT2D eigenvalue weighted by Crippen LogP contribution is -2.17. The summed E-state index contributed by atoms with van der Waals surface area (Å²) in [5.41, 5.74) is 1.73. The number of carbonyl (C=O) groups excluding carboxylic acids is 1. The average Bonchev–Trinajstić information content (AvgIpc) is 2.13. The third-order valence-electron chi connectivity index (χ3n) is 2.42. The summed E-state index contributed by atoms with van der Waals surface area (Å²) >= 11 is 3.32. The van der Waals surface area contributed by atoms with Crippen molar-refractivity contribution in [3.63, 3.8) is 0 Å². The molecule has 0 radical (unpaired) electrons. The summed E-state index contributed by atoms with van der Waals surface area (Å²) in [7, 11) is 0. The van der Waals surface area contributed by atoms with Crippen LogP contribution in [0.5, 0.6) is 0 Å². The normalized spacial score (nSPS) is 14.7. The molecular weight excluding hydrogens is 259 g/mol. The van der Waals surface area contributed by atoms with Crippen LogP contribution in [0.2, 0.25) is 0 Å². The Balaban J connectivity index is 3.00. The minimum atomic E-state index is -0.251. The van der Waals surface area contributed by atoms with Gasteiger partial charge in [0.05, 0.1) is 4.83 Å². The van der Waals surface area contributed by atoms with Crippen molar-refractivity contribution >= 4 is 21.7 Å². The summed E-state index contributed by atoms with van der Waals surface area (Å²) in [6.45, 7) is 5.29. The van der Waals surface area contributed by atoms with Crippen molar-refractivity contribution in [1.82, 2.24) is 0 Å². The number of aryl methyl sites for hydroxylation is 1. The van der Waals surface area contributed by atoms with E-state index in [0.717, 1.165) is 11.1 Å². The van der Waals surface area contributed by atoms with Gasteiger partial charge in [-0.05, 0) is 37.1 Å². The molecule has 82 valence electrons. The standard InChI is InChI=1S/C12H14BrFO/c1-7-4-10(6-11(14)5-7)8(2)12(13)9(3)15/h4-6,8,12H,1-3H3. The molecule has 0 amide bonds. The van der Waals surface area contributed by atoms with Crippen LogP contribution in [0.25, 0.3) is 0 Å². The molecule has 1 aromatic carbocycles. The summed E-state index contributed by atoms with van der Waals surface area (Å²) in [6, 6.07) is 4.87. The number of alkyl halides is 1. The molecule has 1 aromatic rings. The maximum Gasteiger partial charge on any atom is 0.144 e. The van der Waals surface area contributed by atoms with Crippen molar-refractivity contribution in [2.75, 3.05) is 0 Å². The van der Waals surface area contributed by atoms with Crippen molar-refractivity contribution in [3.8, 4) is 0 Å². The molecule has 0 bridgehead atoms. The third kappa shape index (κ3) is 3.13. The first-order chi connectivity index (χ1) is 6.91. The first-order valence-electron chi connectivity index (χ1n) is 4.83. The highest BCUT2D eigenvalue weighted by Crippen LogP contribution is 2.26. The monoisotopic (exact) mass is 272 g/mol. The Labute approximate surface area is 97.8 Å². The van der Waals surface area contributed by atoms with Crippen LogP contribution in [0.1, 0.15) is 30.9 Å². The van der Waals surface area contributed by atoms with Gasteiger partial charge in [-0.1, -0.05) is 28.9 Å². The number of carbonyl (C=O) groups is 1. The molecule has 0 fully saturated rings. The Morgan fingerprint density at radius 2 is 2.00 bits per heavy atom. The maximum absolute atomic E-state index is 13.2. The zero-order valence-electron chi connectivity index (χ0n) is 9.05. The van der Waals surface area contributed by atoms with E-state index >= 15 is 0 Å². The Kier molecular flexibility index (Phi) is 4.03. The molecule has 0 aliphatic heterocycles. The van der Waals surface area contributed by atoms with Crippen molar-refractivity contribution in [2.45, 2.75) is 31.5 Å². The molecule has 1 nitrogen and oxygen atoms in total. The number of halogens is 2. The molecule has 0 aliphatic rings. The number of hydrogen-bond acceptors (Lipinski definition) is 1. The van der Waals surface area contributed by atoms with Gasteiger partial charge in [0.2, 0.25) is 0 Å². The maximum atomic E-state index is 13.2. The Morgan fingerprint density at radius 1 is 1.40 bits per heavy atom. The van der Waals surface area contributed by atoms with Crippen LogP contribution in [0, 0.1) is 12.7 Å². The second-order valence-corrected chi connectivity index (χ2v) is 4.85. The molecule has 2 atom stereocenters. The number of Topliss-reactive ketones (excluding diaryl/α,β-unsaturated/α-hetero) is 1. The van der Waals surface area contributed by atoms with Crippen LogP contribution in [-0.4, -0.2) is 10.6 Å². The van der Waals surface area contributed by atoms with E-state index < -0.39 is 0 Å². The summed E-state index contributed by atoms with van der Waals surface area (Å²) < 4.78 is 13.2. The predicted molar refractivity (Wildman–Crippen MR) is 62.9 cm³/mol. The predicted octanol–water partition coefficient (Wildman–Crippen LogP) is 3.59. The molecule has 0 aromatic heterocycles. The number of ketones is 1. The van der Waals surface area contributed by atoms with Crippen LogP contribution in [0.4, 0.5) is 4.39 Å². The number of hydrogen-bond donors (Lipinski definition) is 0. The van der Waals surface area contributed by atoms with Gasteiger partial charge in [-0.25, -0.2) is 4.39 Å². The van der Waals surface area contributed by atoms with E-state index in [0.29, 0.717) is 0 Å². The fourth-order valence-electron chi connectivity index (χ4n) is 1.55. The molecule has 0 spiro atoms. The summed E-state index contributed by atoms with van der Waals surface area (Å²) in [6.07, 6.45) is 0. The SMILES string of the molecule is CC(=O)C(Br)C(C)c1cc(C)cc(F)c1. The lowest BCUT2D eigenvalue weighted by molar-refractivity contribution is -0.116. The highest BCUT2D eigenvalue weighted by molar-refractivity contribution is 9.10. The molecule has 15 heavy (non-hydrogen) atoms. The fourth-order valence-corrected chi connectivity index (χ4v) is 1.85. The largest absolute Gasteiger partial charge is 0.299 e. The van der Waals surface area contributed by atoms with Gasteiger partial charge < -0.3 is 0 Å². The molecule has 3 heteroatoms. The van der Waals surface area contributed by atoms with Crippen LogP contribution in [-0.2, 0) is 4.79 Å². The minimum absolute atomic E-state index is 0.0168. The summed E-state index contributed by atoms with van der Waals surface area (Å²) in [5, 5.41) is 0. The van der Waals surface area contributed by atoms with Crippen LogP contribution in [0.3, 0.4) is 0 Å². The first-order valence-corrected chi connectivity index (χ1v) is 5.75. The zero-order valence-corrected chi connectivity index (χ0v) is 10.6. The highest BCUT2D eigenvalue weighted by Gasteiger charge is 2.20. The average molecular weight is 273 g/mol. The quantitative estimate of drug-likeness (QED) is 0.769. The zero-order chi connectivity index (χ0) is 11.6. The van der Waals surface area contributed by atoms with Gasteiger partial charge in [0.1, 0.15) is 11.6 Å². The lowest BCUT2D eigenvalue weighted by atomic mass is 9.94. The second kappa shape index (κ2) is 4.88. The smallest absolute Gasteiger partial charge is 0.144 e. The molecule has 0 saturated carbocycles. The van der Waals surface area contributed by atoms with E-state index in [4.69, 9.17) is 0 Å². The summed E-state index contributed by atoms with van der Waals surface area (Å²) in [5.74, 6) is -0.207. The third-order valence-corrected chi connectivity index (χ3v) is 3.86. The Hall–Kier alpha value is -0.700. The molecular formula is C12H14BrFO. The molecule has 0 N–H and O–H groups in total. The van der Waals surface area contributed by atoms with Crippen LogP contribution < -0.4 is 0 Å². The van der Waals surface area contributed by atoms with E-state index in [9.17, 15) is 9.18 Å². The Morgan fingerprint density at radius 3 is 2.47 bits per heavy atom. The second-order valence-electron chi connectivity index (χ2n) is 3.86. The van der Waals surface area contributed by atoms with E-state index in [-0.39, 0.29) is 22.3 Å². The minimum Gasteiger partial charge on any atom is -0.299 e. The molecule has 0 aliphatic carbocycles. The topological polar surface area (TPSA) is 17.1 Å². The molecule has 0 saturated heterocycles. The highest BCUT2D eigenvalue weighted by atomic mass is 79.9. The van der Waals surface area contributed by atoms with Crippen LogP contribution >= 0.6 is 15.9 Å². The van der Waals surface area contributed by atoms with Gasteiger partial charge >= 0.3 is 0 Å². The van der Waals surface area contributed by atoms with Crippen molar-refractivity contribution in [1.29, 1.82) is 0 Å². The van der Waals surface area contributed by atoms with Gasteiger partial charge in [0.15, 0.2) is 0 Å². The lowest BCUT2D eigenvalue weighted by Gasteiger charge is -2.16. The van der Waals surface area contributed by atoms with Crippen LogP contribution in [0.15, 0.2) is 18.2 Å². The van der Waals surface area contributed by atoms with E-state index in [2.05, 4.69) is 15.9 Å². The van der Waals surface area contributed by atoms with E-state index in [1.807, 2.05) is 19.9 Å². The fraction of sp³-hybridized carbons (Fsp3) is 0.417. The molecule has 2 unspecified atom stereocenters. The van der Waals surface area contributed by atoms with Gasteiger partial charge in [-0.3, -0.25) is 4.79 Å². The number of rotatable bonds is 3. The van der Waals surface area contributed by atoms with E-state index in [1.54, 1.807) is 0 Å². The molecule has 1 rings (SSSR count).